The molecule has 0 saturated carbocycles. The van der Waals surface area contributed by atoms with Gasteiger partial charge in [0.15, 0.2) is 0 Å². The zero-order valence-electron chi connectivity index (χ0n) is 14.2. The fourth-order valence-electron chi connectivity index (χ4n) is 2.57. The average molecular weight is 369 g/mol. The molecule has 3 aromatic carbocycles. The van der Waals surface area contributed by atoms with Gasteiger partial charge in [0.05, 0.1) is 0 Å². The first-order valence-electron chi connectivity index (χ1n) is 8.18. The normalized spacial score (nSPS) is 10.4. The predicted molar refractivity (Wildman–Crippen MR) is 104 cm³/mol. The van der Waals surface area contributed by atoms with E-state index >= 15 is 0 Å². The van der Waals surface area contributed by atoms with Crippen LogP contribution in [0.1, 0.15) is 21.5 Å². The molecule has 3 nitrogen and oxygen atoms in total. The lowest BCUT2D eigenvalue weighted by molar-refractivity contribution is 0.102. The van der Waals surface area contributed by atoms with E-state index in [2.05, 4.69) is 10.6 Å². The molecule has 0 spiro atoms. The quantitative estimate of drug-likeness (QED) is 0.610. The van der Waals surface area contributed by atoms with Crippen molar-refractivity contribution in [3.63, 3.8) is 0 Å². The van der Waals surface area contributed by atoms with E-state index in [4.69, 9.17) is 11.6 Å². The Balaban J connectivity index is 1.75. The molecule has 3 rings (SSSR count). The van der Waals surface area contributed by atoms with Crippen molar-refractivity contribution in [1.29, 1.82) is 0 Å². The van der Waals surface area contributed by atoms with Gasteiger partial charge in [-0.05, 0) is 48.9 Å². The van der Waals surface area contributed by atoms with Crippen LogP contribution in [0.25, 0.3) is 0 Å². The van der Waals surface area contributed by atoms with Crippen molar-refractivity contribution in [2.24, 2.45) is 0 Å². The number of amides is 1. The molecule has 3 aromatic rings. The highest BCUT2D eigenvalue weighted by Crippen LogP contribution is 2.24. The van der Waals surface area contributed by atoms with Crippen molar-refractivity contribution in [3.05, 3.63) is 94.3 Å². The summed E-state index contributed by atoms with van der Waals surface area (Å²) in [6, 6.07) is 19.2. The fourth-order valence-corrected chi connectivity index (χ4v) is 2.80. The minimum Gasteiger partial charge on any atom is -0.381 e. The molecule has 0 bridgehead atoms. The summed E-state index contributed by atoms with van der Waals surface area (Å²) in [6.45, 7) is 2.19. The maximum atomic E-state index is 13.9. The third-order valence-electron chi connectivity index (χ3n) is 4.05. The number of rotatable bonds is 5. The Morgan fingerprint density at radius 1 is 1.04 bits per heavy atom. The Labute approximate surface area is 156 Å². The van der Waals surface area contributed by atoms with Gasteiger partial charge in [-0.15, -0.1) is 0 Å². The van der Waals surface area contributed by atoms with E-state index in [0.29, 0.717) is 21.8 Å². The zero-order chi connectivity index (χ0) is 18.5. The predicted octanol–water partition coefficient (Wildman–Crippen LogP) is 5.65. The Morgan fingerprint density at radius 2 is 1.81 bits per heavy atom. The second kappa shape index (κ2) is 8.02. The lowest BCUT2D eigenvalue weighted by Crippen LogP contribution is -2.12. The van der Waals surface area contributed by atoms with E-state index in [-0.39, 0.29) is 18.3 Å². The molecular formula is C21H18ClFN2O. The van der Waals surface area contributed by atoms with Crippen molar-refractivity contribution in [2.45, 2.75) is 13.5 Å². The monoisotopic (exact) mass is 368 g/mol. The maximum absolute atomic E-state index is 13.9. The van der Waals surface area contributed by atoms with Gasteiger partial charge < -0.3 is 10.6 Å². The molecule has 1 amide bonds. The lowest BCUT2D eigenvalue weighted by Gasteiger charge is -2.13. The molecule has 0 aliphatic rings. The summed E-state index contributed by atoms with van der Waals surface area (Å²) in [4.78, 5) is 12.3. The molecule has 26 heavy (non-hydrogen) atoms. The second-order valence-corrected chi connectivity index (χ2v) is 6.31. The van der Waals surface area contributed by atoms with Gasteiger partial charge in [0.25, 0.3) is 5.91 Å². The van der Waals surface area contributed by atoms with Gasteiger partial charge in [-0.2, -0.15) is 0 Å². The molecule has 0 atom stereocenters. The van der Waals surface area contributed by atoms with Gasteiger partial charge in [-0.3, -0.25) is 4.79 Å². The minimum atomic E-state index is -0.351. The average Bonchev–Trinajstić information content (AvgIpc) is 2.64. The van der Waals surface area contributed by atoms with E-state index < -0.39 is 0 Å². The molecule has 0 heterocycles. The van der Waals surface area contributed by atoms with Crippen LogP contribution in [0, 0.1) is 12.7 Å². The van der Waals surface area contributed by atoms with Crippen LogP contribution in [0.15, 0.2) is 66.7 Å². The summed E-state index contributed by atoms with van der Waals surface area (Å²) in [5.74, 6) is -0.534. The highest BCUT2D eigenvalue weighted by Gasteiger charge is 2.09. The number of aryl methyl sites for hydroxylation is 1. The molecule has 0 radical (unpaired) electrons. The molecule has 2 N–H and O–H groups in total. The number of benzene rings is 3. The van der Waals surface area contributed by atoms with E-state index in [9.17, 15) is 9.18 Å². The van der Waals surface area contributed by atoms with Crippen LogP contribution < -0.4 is 10.6 Å². The summed E-state index contributed by atoms with van der Waals surface area (Å²) >= 11 is 6.07. The van der Waals surface area contributed by atoms with Crippen LogP contribution >= 0.6 is 11.6 Å². The van der Waals surface area contributed by atoms with Gasteiger partial charge >= 0.3 is 0 Å². The Hall–Kier alpha value is -2.85. The van der Waals surface area contributed by atoms with Crippen LogP contribution in [0.5, 0.6) is 0 Å². The number of hydrogen-bond acceptors (Lipinski definition) is 2. The fraction of sp³-hybridized carbons (Fsp3) is 0.0952. The lowest BCUT2D eigenvalue weighted by atomic mass is 10.1. The molecule has 0 fully saturated rings. The molecule has 0 aromatic heterocycles. The molecule has 0 aliphatic heterocycles. The van der Waals surface area contributed by atoms with E-state index in [1.54, 1.807) is 24.3 Å². The third-order valence-corrected chi connectivity index (χ3v) is 4.40. The van der Waals surface area contributed by atoms with Crippen LogP contribution in [-0.4, -0.2) is 5.91 Å². The van der Waals surface area contributed by atoms with Crippen molar-refractivity contribution in [3.8, 4) is 0 Å². The SMILES string of the molecule is Cc1ccc(NC(=O)c2ccccc2)cc1NCc1c(F)cccc1Cl. The standard InChI is InChI=1S/C21H18ClFN2O/c1-14-10-11-16(25-21(26)15-6-3-2-4-7-15)12-20(14)24-13-17-18(22)8-5-9-19(17)23/h2-12,24H,13H2,1H3,(H,25,26). The first-order valence-corrected chi connectivity index (χ1v) is 8.56. The Morgan fingerprint density at radius 3 is 2.54 bits per heavy atom. The molecule has 0 aliphatic carbocycles. The molecular weight excluding hydrogens is 351 g/mol. The van der Waals surface area contributed by atoms with Gasteiger partial charge in [0, 0.05) is 34.1 Å². The van der Waals surface area contributed by atoms with Crippen molar-refractivity contribution < 1.29 is 9.18 Å². The summed E-state index contributed by atoms with van der Waals surface area (Å²) in [7, 11) is 0. The number of anilines is 2. The number of nitrogens with one attached hydrogen (secondary N) is 2. The van der Waals surface area contributed by atoms with Gasteiger partial charge in [-0.25, -0.2) is 4.39 Å². The third kappa shape index (κ3) is 4.21. The Bertz CT molecular complexity index is 908. The number of halogens is 2. The summed E-state index contributed by atoms with van der Waals surface area (Å²) in [5, 5.41) is 6.43. The van der Waals surface area contributed by atoms with Gasteiger partial charge in [0.1, 0.15) is 5.82 Å². The summed E-state index contributed by atoms with van der Waals surface area (Å²) in [6.07, 6.45) is 0. The van der Waals surface area contributed by atoms with Crippen molar-refractivity contribution in [2.75, 3.05) is 10.6 Å². The van der Waals surface area contributed by atoms with Crippen LogP contribution in [0.2, 0.25) is 5.02 Å². The first-order chi connectivity index (χ1) is 12.5. The number of carbonyl (C=O) groups is 1. The smallest absolute Gasteiger partial charge is 0.255 e. The minimum absolute atomic E-state index is 0.183. The largest absolute Gasteiger partial charge is 0.381 e. The van der Waals surface area contributed by atoms with E-state index in [1.165, 1.54) is 6.07 Å². The molecule has 0 saturated heterocycles. The molecule has 132 valence electrons. The van der Waals surface area contributed by atoms with E-state index in [0.717, 1.165) is 11.3 Å². The first kappa shape index (κ1) is 18.0. The topological polar surface area (TPSA) is 41.1 Å². The second-order valence-electron chi connectivity index (χ2n) is 5.90. The van der Waals surface area contributed by atoms with Crippen LogP contribution in [-0.2, 0) is 6.54 Å². The number of hydrogen-bond donors (Lipinski definition) is 2. The Kier molecular flexibility index (Phi) is 5.54. The summed E-state index contributed by atoms with van der Waals surface area (Å²) in [5.41, 5.74) is 3.44. The molecule has 0 unspecified atom stereocenters. The van der Waals surface area contributed by atoms with Crippen molar-refractivity contribution >= 4 is 28.9 Å². The zero-order valence-corrected chi connectivity index (χ0v) is 15.0. The highest BCUT2D eigenvalue weighted by molar-refractivity contribution is 6.31. The summed E-state index contributed by atoms with van der Waals surface area (Å²) < 4.78 is 13.9. The van der Waals surface area contributed by atoms with E-state index in [1.807, 2.05) is 43.3 Å². The maximum Gasteiger partial charge on any atom is 0.255 e. The number of carbonyl (C=O) groups excluding carboxylic acids is 1. The van der Waals surface area contributed by atoms with Crippen LogP contribution in [0.4, 0.5) is 15.8 Å². The molecule has 5 heteroatoms. The highest BCUT2D eigenvalue weighted by atomic mass is 35.5. The van der Waals surface area contributed by atoms with Gasteiger partial charge in [0.2, 0.25) is 0 Å². The van der Waals surface area contributed by atoms with Gasteiger partial charge in [-0.1, -0.05) is 41.9 Å². The van der Waals surface area contributed by atoms with Crippen molar-refractivity contribution in [1.82, 2.24) is 0 Å². The van der Waals surface area contributed by atoms with Crippen LogP contribution in [0.3, 0.4) is 0 Å².